The molecule has 10 heteroatoms. The van der Waals surface area contributed by atoms with Gasteiger partial charge in [0.1, 0.15) is 24.1 Å². The van der Waals surface area contributed by atoms with Gasteiger partial charge in [-0.05, 0) is 81.3 Å². The van der Waals surface area contributed by atoms with E-state index in [1.165, 1.54) is 17.0 Å². The van der Waals surface area contributed by atoms with E-state index in [-0.39, 0.29) is 17.3 Å². The van der Waals surface area contributed by atoms with Crippen LogP contribution in [0.5, 0.6) is 11.5 Å². The molecule has 2 amide bonds. The predicted molar refractivity (Wildman–Crippen MR) is 160 cm³/mol. The Morgan fingerprint density at radius 2 is 1.49 bits per heavy atom. The molecular weight excluding hydrogens is 542 g/mol. The number of methoxy groups -OCH3 is 1. The number of ether oxygens (including phenoxy) is 2. The summed E-state index contributed by atoms with van der Waals surface area (Å²) in [5.74, 6) is 0.432. The largest absolute Gasteiger partial charge is 0.497 e. The molecule has 0 fully saturated rings. The third kappa shape index (κ3) is 8.00. The molecule has 0 aliphatic rings. The number of rotatable bonds is 14. The highest BCUT2D eigenvalue weighted by Gasteiger charge is 2.33. The molecule has 3 rings (SSSR count). The van der Waals surface area contributed by atoms with Gasteiger partial charge < -0.3 is 19.7 Å². The maximum absolute atomic E-state index is 14.1. The SMILES string of the molecule is CCNC(=O)[C@H](CC)N(Cc1ccc(OC)cc1)C(=O)CN(c1ccc(OCC)cc1)S(=O)(=O)c1ccc(C)cc1. The third-order valence-corrected chi connectivity index (χ3v) is 8.36. The van der Waals surface area contributed by atoms with Crippen molar-refractivity contribution < 1.29 is 27.5 Å². The molecule has 1 atom stereocenters. The zero-order chi connectivity index (χ0) is 30.0. The van der Waals surface area contributed by atoms with E-state index in [0.717, 1.165) is 15.4 Å². The van der Waals surface area contributed by atoms with Gasteiger partial charge in [0.2, 0.25) is 11.8 Å². The van der Waals surface area contributed by atoms with Crippen LogP contribution in [0.15, 0.2) is 77.7 Å². The number of sulfonamides is 1. The average molecular weight is 582 g/mol. The first-order valence-corrected chi connectivity index (χ1v) is 15.1. The molecule has 0 unspecified atom stereocenters. The number of hydrogen-bond donors (Lipinski definition) is 1. The first-order chi connectivity index (χ1) is 19.6. The van der Waals surface area contributed by atoms with Crippen LogP contribution < -0.4 is 19.1 Å². The van der Waals surface area contributed by atoms with Gasteiger partial charge in [-0.3, -0.25) is 13.9 Å². The molecule has 220 valence electrons. The zero-order valence-corrected chi connectivity index (χ0v) is 25.1. The van der Waals surface area contributed by atoms with Crippen molar-refractivity contribution in [1.29, 1.82) is 0 Å². The molecule has 0 aliphatic carbocycles. The highest BCUT2D eigenvalue weighted by Crippen LogP contribution is 2.27. The summed E-state index contributed by atoms with van der Waals surface area (Å²) in [6.45, 7) is 7.83. The normalized spacial score (nSPS) is 11.8. The van der Waals surface area contributed by atoms with Crippen LogP contribution in [0.3, 0.4) is 0 Å². The van der Waals surface area contributed by atoms with E-state index in [9.17, 15) is 18.0 Å². The van der Waals surface area contributed by atoms with Crippen molar-refractivity contribution in [3.8, 4) is 11.5 Å². The minimum Gasteiger partial charge on any atom is -0.497 e. The molecule has 0 saturated carbocycles. The lowest BCUT2D eigenvalue weighted by molar-refractivity contribution is -0.140. The van der Waals surface area contributed by atoms with Crippen molar-refractivity contribution >= 4 is 27.5 Å². The topological polar surface area (TPSA) is 105 Å². The van der Waals surface area contributed by atoms with E-state index < -0.39 is 28.5 Å². The fourth-order valence-corrected chi connectivity index (χ4v) is 5.79. The lowest BCUT2D eigenvalue weighted by Crippen LogP contribution is -2.52. The monoisotopic (exact) mass is 581 g/mol. The number of hydrogen-bond acceptors (Lipinski definition) is 6. The summed E-state index contributed by atoms with van der Waals surface area (Å²) >= 11 is 0. The van der Waals surface area contributed by atoms with Gasteiger partial charge in [0.25, 0.3) is 10.0 Å². The van der Waals surface area contributed by atoms with E-state index >= 15 is 0 Å². The van der Waals surface area contributed by atoms with Crippen LogP contribution in [-0.2, 0) is 26.2 Å². The minimum atomic E-state index is -4.14. The molecule has 0 aromatic heterocycles. The van der Waals surface area contributed by atoms with Gasteiger partial charge in [-0.25, -0.2) is 8.42 Å². The molecule has 0 saturated heterocycles. The lowest BCUT2D eigenvalue weighted by atomic mass is 10.1. The summed E-state index contributed by atoms with van der Waals surface area (Å²) in [4.78, 5) is 28.6. The third-order valence-electron chi connectivity index (χ3n) is 6.57. The summed E-state index contributed by atoms with van der Waals surface area (Å²) in [5.41, 5.74) is 1.99. The number of anilines is 1. The molecule has 0 aliphatic heterocycles. The maximum atomic E-state index is 14.1. The standard InChI is InChI=1S/C31H39N3O6S/c1-6-29(31(36)32-7-2)33(21-24-11-15-26(39-5)16-12-24)30(35)22-34(25-13-17-27(18-14-25)40-8-3)41(37,38)28-19-9-23(4)10-20-28/h9-20,29H,6-8,21-22H2,1-5H3,(H,32,36)/t29-/m0/s1. The smallest absolute Gasteiger partial charge is 0.264 e. The Hall–Kier alpha value is -4.05. The first kappa shape index (κ1) is 31.5. The number of carbonyl (C=O) groups excluding carboxylic acids is 2. The number of nitrogens with zero attached hydrogens (tertiary/aromatic N) is 2. The Bertz CT molecular complexity index is 1390. The van der Waals surface area contributed by atoms with Gasteiger partial charge in [-0.1, -0.05) is 36.8 Å². The van der Waals surface area contributed by atoms with E-state index in [1.807, 2.05) is 39.8 Å². The molecule has 3 aromatic carbocycles. The van der Waals surface area contributed by atoms with Crippen molar-refractivity contribution in [2.24, 2.45) is 0 Å². The van der Waals surface area contributed by atoms with Crippen LogP contribution >= 0.6 is 0 Å². The van der Waals surface area contributed by atoms with Crippen molar-refractivity contribution in [2.75, 3.05) is 31.1 Å². The lowest BCUT2D eigenvalue weighted by Gasteiger charge is -2.33. The molecule has 1 N–H and O–H groups in total. The molecular formula is C31H39N3O6S. The van der Waals surface area contributed by atoms with Crippen molar-refractivity contribution in [3.63, 3.8) is 0 Å². The number of amides is 2. The highest BCUT2D eigenvalue weighted by molar-refractivity contribution is 7.92. The van der Waals surface area contributed by atoms with Gasteiger partial charge in [-0.2, -0.15) is 0 Å². The van der Waals surface area contributed by atoms with Crippen LogP contribution in [0.2, 0.25) is 0 Å². The van der Waals surface area contributed by atoms with Gasteiger partial charge in [0, 0.05) is 13.1 Å². The van der Waals surface area contributed by atoms with E-state index in [4.69, 9.17) is 9.47 Å². The first-order valence-electron chi connectivity index (χ1n) is 13.7. The van der Waals surface area contributed by atoms with Crippen molar-refractivity contribution in [3.05, 3.63) is 83.9 Å². The number of carbonyl (C=O) groups is 2. The molecule has 0 radical (unpaired) electrons. The Morgan fingerprint density at radius 3 is 2.02 bits per heavy atom. The van der Waals surface area contributed by atoms with Crippen LogP contribution in [0, 0.1) is 6.92 Å². The van der Waals surface area contributed by atoms with Crippen LogP contribution in [0.4, 0.5) is 5.69 Å². The van der Waals surface area contributed by atoms with E-state index in [2.05, 4.69) is 5.32 Å². The Kier molecular flexibility index (Phi) is 11.2. The second kappa shape index (κ2) is 14.5. The quantitative estimate of drug-likeness (QED) is 0.300. The zero-order valence-electron chi connectivity index (χ0n) is 24.3. The second-order valence-electron chi connectivity index (χ2n) is 9.44. The summed E-state index contributed by atoms with van der Waals surface area (Å²) in [7, 11) is -2.57. The van der Waals surface area contributed by atoms with Crippen LogP contribution in [-0.4, -0.2) is 58.0 Å². The van der Waals surface area contributed by atoms with Crippen LogP contribution in [0.25, 0.3) is 0 Å². The minimum absolute atomic E-state index is 0.0576. The maximum Gasteiger partial charge on any atom is 0.264 e. The van der Waals surface area contributed by atoms with Gasteiger partial charge in [-0.15, -0.1) is 0 Å². The Balaban J connectivity index is 2.05. The molecule has 9 nitrogen and oxygen atoms in total. The molecule has 0 spiro atoms. The fourth-order valence-electron chi connectivity index (χ4n) is 4.38. The number of benzene rings is 3. The predicted octanol–water partition coefficient (Wildman–Crippen LogP) is 4.54. The van der Waals surface area contributed by atoms with E-state index in [0.29, 0.717) is 36.8 Å². The van der Waals surface area contributed by atoms with Crippen LogP contribution in [0.1, 0.15) is 38.3 Å². The Labute approximate surface area is 243 Å². The summed E-state index contributed by atoms with van der Waals surface area (Å²) in [6.07, 6.45) is 0.349. The summed E-state index contributed by atoms with van der Waals surface area (Å²) < 4.78 is 39.8. The Morgan fingerprint density at radius 1 is 0.878 bits per heavy atom. The second-order valence-corrected chi connectivity index (χ2v) is 11.3. The number of nitrogens with one attached hydrogen (secondary N) is 1. The van der Waals surface area contributed by atoms with Crippen molar-refractivity contribution in [1.82, 2.24) is 10.2 Å². The highest BCUT2D eigenvalue weighted by atomic mass is 32.2. The molecule has 0 bridgehead atoms. The summed E-state index contributed by atoms with van der Waals surface area (Å²) in [5, 5.41) is 2.80. The number of aryl methyl sites for hydroxylation is 1. The van der Waals surface area contributed by atoms with E-state index in [1.54, 1.807) is 55.6 Å². The molecule has 0 heterocycles. The van der Waals surface area contributed by atoms with Crippen molar-refractivity contribution in [2.45, 2.75) is 51.6 Å². The average Bonchev–Trinajstić information content (AvgIpc) is 2.97. The summed E-state index contributed by atoms with van der Waals surface area (Å²) in [6, 6.07) is 19.4. The van der Waals surface area contributed by atoms with Gasteiger partial charge >= 0.3 is 0 Å². The molecule has 3 aromatic rings. The molecule has 41 heavy (non-hydrogen) atoms. The fraction of sp³-hybridized carbons (Fsp3) is 0.355. The van der Waals surface area contributed by atoms with Gasteiger partial charge in [0.15, 0.2) is 0 Å². The van der Waals surface area contributed by atoms with Gasteiger partial charge in [0.05, 0.1) is 24.3 Å². The number of likely N-dealkylation sites (N-methyl/N-ethyl adjacent to an activating group) is 1.